The Balaban J connectivity index is 2.26. The van der Waals surface area contributed by atoms with Gasteiger partial charge in [0, 0.05) is 17.8 Å². The molecule has 0 aliphatic rings. The Kier molecular flexibility index (Phi) is 3.92. The van der Waals surface area contributed by atoms with Crippen LogP contribution in [0.4, 0.5) is 0 Å². The molecule has 0 fully saturated rings. The Morgan fingerprint density at radius 3 is 2.63 bits per heavy atom. The molecule has 0 saturated heterocycles. The number of fused-ring (bicyclic) bond motifs is 1. The van der Waals surface area contributed by atoms with E-state index in [1.54, 1.807) is 18.7 Å². The number of benzene rings is 1. The molecule has 0 aliphatic carbocycles. The number of nitrogens with zero attached hydrogens (tertiary/aromatic N) is 1. The van der Waals surface area contributed by atoms with Gasteiger partial charge in [-0.15, -0.1) is 11.3 Å². The molecule has 1 heterocycles. The van der Waals surface area contributed by atoms with Gasteiger partial charge in [-0.1, -0.05) is 18.2 Å². The number of carbonyl (C=O) groups excluding carboxylic acids is 1. The monoisotopic (exact) mass is 277 g/mol. The van der Waals surface area contributed by atoms with Gasteiger partial charge < -0.3 is 10.0 Å². The van der Waals surface area contributed by atoms with Crippen LogP contribution in [0, 0.1) is 0 Å². The van der Waals surface area contributed by atoms with Crippen molar-refractivity contribution < 1.29 is 9.90 Å². The van der Waals surface area contributed by atoms with Crippen molar-refractivity contribution in [2.75, 3.05) is 13.1 Å². The molecule has 1 aromatic heterocycles. The van der Waals surface area contributed by atoms with Crippen molar-refractivity contribution in [1.82, 2.24) is 4.90 Å². The van der Waals surface area contributed by atoms with Gasteiger partial charge in [-0.05, 0) is 38.3 Å². The van der Waals surface area contributed by atoms with E-state index < -0.39 is 5.60 Å². The van der Waals surface area contributed by atoms with Crippen LogP contribution in [0.25, 0.3) is 10.1 Å². The van der Waals surface area contributed by atoms with E-state index in [4.69, 9.17) is 0 Å². The van der Waals surface area contributed by atoms with Crippen LogP contribution in [0.5, 0.6) is 0 Å². The van der Waals surface area contributed by atoms with Gasteiger partial charge in [0.1, 0.15) is 0 Å². The maximum absolute atomic E-state index is 12.4. The van der Waals surface area contributed by atoms with E-state index in [-0.39, 0.29) is 5.91 Å². The SMILES string of the molecule is CCN(CC(C)(C)O)C(=O)c1cc2ccccc2s1. The van der Waals surface area contributed by atoms with Crippen molar-refractivity contribution in [2.45, 2.75) is 26.4 Å². The lowest BCUT2D eigenvalue weighted by Crippen LogP contribution is -2.41. The summed E-state index contributed by atoms with van der Waals surface area (Å²) in [7, 11) is 0. The Bertz CT molecular complexity index is 550. The van der Waals surface area contributed by atoms with Crippen molar-refractivity contribution in [1.29, 1.82) is 0 Å². The van der Waals surface area contributed by atoms with Crippen LogP contribution in [0.3, 0.4) is 0 Å². The molecule has 0 aliphatic heterocycles. The molecule has 4 heteroatoms. The second kappa shape index (κ2) is 5.31. The third-order valence-corrected chi connectivity index (χ3v) is 3.99. The van der Waals surface area contributed by atoms with Gasteiger partial charge in [0.15, 0.2) is 0 Å². The van der Waals surface area contributed by atoms with E-state index in [2.05, 4.69) is 0 Å². The molecular formula is C15H19NO2S. The van der Waals surface area contributed by atoms with Crippen LogP contribution in [-0.4, -0.2) is 34.6 Å². The van der Waals surface area contributed by atoms with Gasteiger partial charge in [0.05, 0.1) is 10.5 Å². The van der Waals surface area contributed by atoms with E-state index in [1.165, 1.54) is 11.3 Å². The molecule has 0 bridgehead atoms. The fourth-order valence-electron chi connectivity index (χ4n) is 2.04. The summed E-state index contributed by atoms with van der Waals surface area (Å²) in [5, 5.41) is 11.0. The summed E-state index contributed by atoms with van der Waals surface area (Å²) in [6.07, 6.45) is 0. The van der Waals surface area contributed by atoms with E-state index in [9.17, 15) is 9.90 Å². The topological polar surface area (TPSA) is 40.5 Å². The van der Waals surface area contributed by atoms with Crippen LogP contribution in [0.15, 0.2) is 30.3 Å². The highest BCUT2D eigenvalue weighted by Crippen LogP contribution is 2.26. The van der Waals surface area contributed by atoms with Crippen LogP contribution in [0.2, 0.25) is 0 Å². The summed E-state index contributed by atoms with van der Waals surface area (Å²) in [4.78, 5) is 14.9. The highest BCUT2D eigenvalue weighted by atomic mass is 32.1. The fraction of sp³-hybridized carbons (Fsp3) is 0.400. The van der Waals surface area contributed by atoms with Gasteiger partial charge in [0.2, 0.25) is 0 Å². The average Bonchev–Trinajstić information content (AvgIpc) is 2.77. The maximum atomic E-state index is 12.4. The molecule has 0 saturated carbocycles. The minimum Gasteiger partial charge on any atom is -0.389 e. The van der Waals surface area contributed by atoms with Crippen molar-refractivity contribution in [3.8, 4) is 0 Å². The molecule has 1 N–H and O–H groups in total. The first-order chi connectivity index (χ1) is 8.90. The molecule has 1 aromatic carbocycles. The zero-order chi connectivity index (χ0) is 14.0. The molecule has 0 unspecified atom stereocenters. The molecule has 2 aromatic rings. The Morgan fingerprint density at radius 2 is 2.05 bits per heavy atom. The zero-order valence-corrected chi connectivity index (χ0v) is 12.3. The molecule has 2 rings (SSSR count). The number of rotatable bonds is 4. The highest BCUT2D eigenvalue weighted by molar-refractivity contribution is 7.20. The zero-order valence-electron chi connectivity index (χ0n) is 11.5. The predicted molar refractivity (Wildman–Crippen MR) is 79.7 cm³/mol. The van der Waals surface area contributed by atoms with Crippen LogP contribution >= 0.6 is 11.3 Å². The quantitative estimate of drug-likeness (QED) is 0.932. The first-order valence-electron chi connectivity index (χ1n) is 6.41. The molecule has 19 heavy (non-hydrogen) atoms. The molecule has 0 atom stereocenters. The number of carbonyl (C=O) groups is 1. The first-order valence-corrected chi connectivity index (χ1v) is 7.22. The summed E-state index contributed by atoms with van der Waals surface area (Å²) in [6, 6.07) is 9.90. The van der Waals surface area contributed by atoms with Crippen LogP contribution in [0.1, 0.15) is 30.4 Å². The summed E-state index contributed by atoms with van der Waals surface area (Å²) < 4.78 is 1.12. The number of likely N-dealkylation sites (N-methyl/N-ethyl adjacent to an activating group) is 1. The van der Waals surface area contributed by atoms with E-state index in [1.807, 2.05) is 37.3 Å². The van der Waals surface area contributed by atoms with Crippen molar-refractivity contribution in [3.63, 3.8) is 0 Å². The number of hydrogen-bond donors (Lipinski definition) is 1. The molecular weight excluding hydrogens is 258 g/mol. The van der Waals surface area contributed by atoms with Gasteiger partial charge in [0.25, 0.3) is 5.91 Å². The second-order valence-corrected chi connectivity index (χ2v) is 6.36. The predicted octanol–water partition coefficient (Wildman–Crippen LogP) is 3.13. The summed E-state index contributed by atoms with van der Waals surface area (Å²) in [5.41, 5.74) is -0.873. The number of thiophene rings is 1. The second-order valence-electron chi connectivity index (χ2n) is 5.28. The summed E-state index contributed by atoms with van der Waals surface area (Å²) in [6.45, 7) is 6.30. The lowest BCUT2D eigenvalue weighted by Gasteiger charge is -2.27. The summed E-state index contributed by atoms with van der Waals surface area (Å²) >= 11 is 1.50. The van der Waals surface area contributed by atoms with Crippen molar-refractivity contribution in [2.24, 2.45) is 0 Å². The van der Waals surface area contributed by atoms with Crippen LogP contribution in [-0.2, 0) is 0 Å². The normalized spacial score (nSPS) is 11.8. The minimum atomic E-state index is -0.873. The van der Waals surface area contributed by atoms with Crippen molar-refractivity contribution >= 4 is 27.3 Å². The van der Waals surface area contributed by atoms with Gasteiger partial charge in [-0.3, -0.25) is 4.79 Å². The van der Waals surface area contributed by atoms with Crippen molar-refractivity contribution in [3.05, 3.63) is 35.2 Å². The highest BCUT2D eigenvalue weighted by Gasteiger charge is 2.23. The standard InChI is InChI=1S/C15H19NO2S/c1-4-16(10-15(2,3)18)14(17)13-9-11-7-5-6-8-12(11)19-13/h5-9,18H,4,10H2,1-3H3. The Labute approximate surface area is 117 Å². The fourth-order valence-corrected chi connectivity index (χ4v) is 3.07. The Hall–Kier alpha value is -1.39. The lowest BCUT2D eigenvalue weighted by atomic mass is 10.1. The first kappa shape index (κ1) is 14.0. The smallest absolute Gasteiger partial charge is 0.264 e. The number of aliphatic hydroxyl groups is 1. The van der Waals surface area contributed by atoms with Crippen LogP contribution < -0.4 is 0 Å². The van der Waals surface area contributed by atoms with Gasteiger partial charge in [-0.2, -0.15) is 0 Å². The third kappa shape index (κ3) is 3.33. The molecule has 3 nitrogen and oxygen atoms in total. The largest absolute Gasteiger partial charge is 0.389 e. The Morgan fingerprint density at radius 1 is 1.37 bits per heavy atom. The van der Waals surface area contributed by atoms with Gasteiger partial charge in [-0.25, -0.2) is 0 Å². The lowest BCUT2D eigenvalue weighted by molar-refractivity contribution is 0.0317. The molecule has 102 valence electrons. The van der Waals surface area contributed by atoms with E-state index >= 15 is 0 Å². The average molecular weight is 277 g/mol. The third-order valence-electron chi connectivity index (χ3n) is 2.88. The van der Waals surface area contributed by atoms with E-state index in [0.717, 1.165) is 15.0 Å². The maximum Gasteiger partial charge on any atom is 0.264 e. The molecule has 1 amide bonds. The molecule has 0 radical (unpaired) electrons. The summed E-state index contributed by atoms with van der Waals surface area (Å²) in [5.74, 6) is -0.00850. The van der Waals surface area contributed by atoms with Gasteiger partial charge >= 0.3 is 0 Å². The molecule has 0 spiro atoms. The number of hydrogen-bond acceptors (Lipinski definition) is 3. The minimum absolute atomic E-state index is 0.00850. The van der Waals surface area contributed by atoms with E-state index in [0.29, 0.717) is 13.1 Å². The number of amides is 1.